The van der Waals surface area contributed by atoms with Gasteiger partial charge in [-0.25, -0.2) is 9.29 Å². The fourth-order valence-electron chi connectivity index (χ4n) is 3.77. The Morgan fingerprint density at radius 3 is 2.32 bits per heavy atom. The Bertz CT molecular complexity index is 947. The van der Waals surface area contributed by atoms with Crippen molar-refractivity contribution in [3.63, 3.8) is 0 Å². The van der Waals surface area contributed by atoms with Crippen LogP contribution in [-0.2, 0) is 9.59 Å². The molecule has 2 aliphatic heterocycles. The lowest BCUT2D eigenvalue weighted by molar-refractivity contribution is -0.120. The maximum absolute atomic E-state index is 13.4. The van der Waals surface area contributed by atoms with Crippen molar-refractivity contribution in [2.45, 2.75) is 19.8 Å². The topological polar surface area (TPSA) is 49.9 Å². The van der Waals surface area contributed by atoms with Gasteiger partial charge in [0.25, 0.3) is 11.8 Å². The molecular weight excluding hydrogens is 359 g/mol. The fraction of sp³-hybridized carbons (Fsp3) is 0.273. The molecule has 0 saturated carbocycles. The minimum Gasteiger partial charge on any atom is -0.492 e. The van der Waals surface area contributed by atoms with Gasteiger partial charge in [0, 0.05) is 13.1 Å². The number of carbonyl (C=O) groups excluding carboxylic acids is 2. The molecule has 1 fully saturated rings. The van der Waals surface area contributed by atoms with E-state index in [9.17, 15) is 14.0 Å². The number of anilines is 1. The van der Waals surface area contributed by atoms with Crippen LogP contribution in [-0.4, -0.2) is 36.4 Å². The van der Waals surface area contributed by atoms with E-state index < -0.39 is 5.91 Å². The predicted molar refractivity (Wildman–Crippen MR) is 104 cm³/mol. The molecule has 0 unspecified atom stereocenters. The van der Waals surface area contributed by atoms with Crippen molar-refractivity contribution < 1.29 is 18.7 Å². The number of para-hydroxylation sites is 2. The average molecular weight is 380 g/mol. The van der Waals surface area contributed by atoms with Gasteiger partial charge in [0.15, 0.2) is 0 Å². The smallest absolute Gasteiger partial charge is 0.282 e. The van der Waals surface area contributed by atoms with Crippen molar-refractivity contribution in [1.29, 1.82) is 0 Å². The Hall–Kier alpha value is -3.15. The van der Waals surface area contributed by atoms with Gasteiger partial charge in [0.05, 0.1) is 17.9 Å². The second-order valence-corrected chi connectivity index (χ2v) is 6.77. The minimum atomic E-state index is -0.411. The zero-order valence-corrected chi connectivity index (χ0v) is 15.7. The van der Waals surface area contributed by atoms with E-state index in [1.165, 1.54) is 17.0 Å². The molecule has 0 aromatic heterocycles. The van der Waals surface area contributed by atoms with Crippen LogP contribution in [0, 0.1) is 5.82 Å². The molecule has 0 N–H and O–H groups in total. The molecule has 0 atom stereocenters. The first-order valence-corrected chi connectivity index (χ1v) is 9.47. The number of hydrogen-bond acceptors (Lipinski definition) is 4. The predicted octanol–water partition coefficient (Wildman–Crippen LogP) is 3.60. The molecule has 0 spiro atoms. The van der Waals surface area contributed by atoms with Gasteiger partial charge < -0.3 is 9.64 Å². The molecule has 0 aliphatic carbocycles. The largest absolute Gasteiger partial charge is 0.492 e. The highest BCUT2D eigenvalue weighted by molar-refractivity contribution is 6.45. The first-order chi connectivity index (χ1) is 13.6. The molecule has 0 bridgehead atoms. The van der Waals surface area contributed by atoms with E-state index in [0.717, 1.165) is 25.9 Å². The summed E-state index contributed by atoms with van der Waals surface area (Å²) in [4.78, 5) is 29.9. The number of halogens is 1. The molecular formula is C22H21FN2O3. The normalized spacial score (nSPS) is 17.1. The number of hydrogen-bond donors (Lipinski definition) is 0. The first-order valence-electron chi connectivity index (χ1n) is 9.47. The summed E-state index contributed by atoms with van der Waals surface area (Å²) in [5.41, 5.74) is 1.67. The van der Waals surface area contributed by atoms with Crippen molar-refractivity contribution in [3.8, 4) is 5.75 Å². The zero-order valence-electron chi connectivity index (χ0n) is 15.7. The average Bonchev–Trinajstić information content (AvgIpc) is 3.30. The van der Waals surface area contributed by atoms with Crippen LogP contribution >= 0.6 is 0 Å². The molecule has 2 amide bonds. The lowest BCUT2D eigenvalue weighted by Gasteiger charge is -2.21. The number of nitrogens with zero attached hydrogens (tertiary/aromatic N) is 2. The van der Waals surface area contributed by atoms with Gasteiger partial charge in [-0.3, -0.25) is 9.59 Å². The molecule has 6 heteroatoms. The van der Waals surface area contributed by atoms with Crippen LogP contribution in [0.15, 0.2) is 54.2 Å². The van der Waals surface area contributed by atoms with Gasteiger partial charge in [0.1, 0.15) is 17.3 Å². The number of benzene rings is 2. The number of likely N-dealkylation sites (tertiary alicyclic amines) is 1. The van der Waals surface area contributed by atoms with Crippen molar-refractivity contribution in [2.24, 2.45) is 0 Å². The Labute approximate surface area is 163 Å². The summed E-state index contributed by atoms with van der Waals surface area (Å²) in [5, 5.41) is 0. The first kappa shape index (κ1) is 18.2. The Morgan fingerprint density at radius 1 is 0.964 bits per heavy atom. The van der Waals surface area contributed by atoms with Crippen LogP contribution in [0.5, 0.6) is 5.75 Å². The van der Waals surface area contributed by atoms with E-state index >= 15 is 0 Å². The molecule has 2 aromatic rings. The van der Waals surface area contributed by atoms with Crippen LogP contribution in [0.4, 0.5) is 10.1 Å². The SMILES string of the molecule is CCOc1ccccc1N1C(=O)C(c2ccc(F)cc2)=C(N2CCCC2)C1=O. The Morgan fingerprint density at radius 2 is 1.64 bits per heavy atom. The number of ether oxygens (including phenoxy) is 1. The maximum Gasteiger partial charge on any atom is 0.282 e. The highest BCUT2D eigenvalue weighted by Crippen LogP contribution is 2.39. The standard InChI is InChI=1S/C22H21FN2O3/c1-2-28-18-8-4-3-7-17(18)25-21(26)19(15-9-11-16(23)12-10-15)20(22(25)27)24-13-5-6-14-24/h3-4,7-12H,2,5-6,13-14H2,1H3. The lowest BCUT2D eigenvalue weighted by atomic mass is 10.0. The van der Waals surface area contributed by atoms with Gasteiger partial charge >= 0.3 is 0 Å². The van der Waals surface area contributed by atoms with Crippen LogP contribution in [0.25, 0.3) is 5.57 Å². The second-order valence-electron chi connectivity index (χ2n) is 6.77. The summed E-state index contributed by atoms with van der Waals surface area (Å²) in [5.74, 6) is -0.681. The van der Waals surface area contributed by atoms with Gasteiger partial charge in [-0.1, -0.05) is 24.3 Å². The highest BCUT2D eigenvalue weighted by atomic mass is 19.1. The minimum absolute atomic E-state index is 0.318. The van der Waals surface area contributed by atoms with Crippen LogP contribution in [0.3, 0.4) is 0 Å². The van der Waals surface area contributed by atoms with E-state index in [1.54, 1.807) is 36.4 Å². The Balaban J connectivity index is 1.83. The van der Waals surface area contributed by atoms with E-state index in [-0.39, 0.29) is 11.7 Å². The van der Waals surface area contributed by atoms with Gasteiger partial charge in [-0.15, -0.1) is 0 Å². The van der Waals surface area contributed by atoms with Gasteiger partial charge in [0.2, 0.25) is 0 Å². The number of carbonyl (C=O) groups is 2. The van der Waals surface area contributed by atoms with Crippen LogP contribution in [0.2, 0.25) is 0 Å². The molecule has 2 heterocycles. The maximum atomic E-state index is 13.4. The van der Waals surface area contributed by atoms with Crippen molar-refractivity contribution >= 4 is 23.1 Å². The third-order valence-corrected chi connectivity index (χ3v) is 5.02. The van der Waals surface area contributed by atoms with E-state index in [4.69, 9.17) is 4.74 Å². The van der Waals surface area contributed by atoms with Gasteiger partial charge in [-0.2, -0.15) is 0 Å². The molecule has 5 nitrogen and oxygen atoms in total. The summed E-state index contributed by atoms with van der Waals surface area (Å²) in [6, 6.07) is 12.7. The monoisotopic (exact) mass is 380 g/mol. The number of amides is 2. The van der Waals surface area contributed by atoms with Gasteiger partial charge in [-0.05, 0) is 49.6 Å². The molecule has 28 heavy (non-hydrogen) atoms. The zero-order chi connectivity index (χ0) is 19.7. The molecule has 2 aromatic carbocycles. The van der Waals surface area contributed by atoms with E-state index in [2.05, 4.69) is 0 Å². The quantitative estimate of drug-likeness (QED) is 0.744. The number of imide groups is 1. The van der Waals surface area contributed by atoms with Crippen LogP contribution < -0.4 is 9.64 Å². The summed E-state index contributed by atoms with van der Waals surface area (Å²) in [6.07, 6.45) is 1.94. The lowest BCUT2D eigenvalue weighted by Crippen LogP contribution is -2.34. The second kappa shape index (κ2) is 7.46. The third kappa shape index (κ3) is 3.05. The molecule has 144 valence electrons. The molecule has 2 aliphatic rings. The van der Waals surface area contributed by atoms with E-state index in [1.807, 2.05) is 11.8 Å². The molecule has 1 saturated heterocycles. The third-order valence-electron chi connectivity index (χ3n) is 5.02. The number of rotatable bonds is 5. The molecule has 4 rings (SSSR count). The van der Waals surface area contributed by atoms with Crippen LogP contribution in [0.1, 0.15) is 25.3 Å². The summed E-state index contributed by atoms with van der Waals surface area (Å²) >= 11 is 0. The summed E-state index contributed by atoms with van der Waals surface area (Å²) in [7, 11) is 0. The fourth-order valence-corrected chi connectivity index (χ4v) is 3.77. The summed E-state index contributed by atoms with van der Waals surface area (Å²) < 4.78 is 19.1. The summed E-state index contributed by atoms with van der Waals surface area (Å²) in [6.45, 7) is 3.71. The highest BCUT2D eigenvalue weighted by Gasteiger charge is 2.43. The van der Waals surface area contributed by atoms with E-state index in [0.29, 0.717) is 34.9 Å². The van der Waals surface area contributed by atoms with Crippen molar-refractivity contribution in [1.82, 2.24) is 4.90 Å². The Kier molecular flexibility index (Phi) is 4.86. The van der Waals surface area contributed by atoms with Crippen molar-refractivity contribution in [2.75, 3.05) is 24.6 Å². The molecule has 0 radical (unpaired) electrons. The van der Waals surface area contributed by atoms with Crippen molar-refractivity contribution in [3.05, 3.63) is 65.6 Å².